The highest BCUT2D eigenvalue weighted by Crippen LogP contribution is 2.42. The highest BCUT2D eigenvalue weighted by molar-refractivity contribution is 7.91. The van der Waals surface area contributed by atoms with Crippen LogP contribution in [0.15, 0.2) is 47.4 Å². The molecule has 4 rings (SSSR count). The maximum absolute atomic E-state index is 13.2. The number of fused-ring (bicyclic) bond motifs is 1. The van der Waals surface area contributed by atoms with E-state index < -0.39 is 15.4 Å². The van der Waals surface area contributed by atoms with Crippen molar-refractivity contribution in [2.75, 3.05) is 22.5 Å². The summed E-state index contributed by atoms with van der Waals surface area (Å²) in [6.45, 7) is 5.58. The number of ketones is 1. The van der Waals surface area contributed by atoms with Crippen LogP contribution in [0.1, 0.15) is 46.5 Å². The molecule has 0 spiro atoms. The number of carbonyl (C=O) groups is 2. The normalized spacial score (nSPS) is 20.8. The number of nitrogens with one attached hydrogen (secondary N) is 1. The molecule has 0 aromatic heterocycles. The summed E-state index contributed by atoms with van der Waals surface area (Å²) < 4.78 is 24.6. The Kier molecular flexibility index (Phi) is 5.88. The number of anilines is 2. The van der Waals surface area contributed by atoms with Crippen LogP contribution in [0.3, 0.4) is 0 Å². The first-order chi connectivity index (χ1) is 15.2. The van der Waals surface area contributed by atoms with Crippen LogP contribution in [0.25, 0.3) is 11.1 Å². The third kappa shape index (κ3) is 3.83. The van der Waals surface area contributed by atoms with Gasteiger partial charge in [-0.05, 0) is 61.6 Å². The minimum atomic E-state index is -3.25. The fraction of sp³-hybridized carbons (Fsp3) is 0.440. The molecule has 2 aliphatic rings. The zero-order valence-electron chi connectivity index (χ0n) is 18.8. The van der Waals surface area contributed by atoms with Gasteiger partial charge in [-0.15, -0.1) is 0 Å². The van der Waals surface area contributed by atoms with Crippen LogP contribution in [-0.2, 0) is 19.4 Å². The van der Waals surface area contributed by atoms with Gasteiger partial charge in [0.25, 0.3) is 0 Å². The van der Waals surface area contributed by atoms with E-state index in [4.69, 9.17) is 0 Å². The molecule has 32 heavy (non-hydrogen) atoms. The van der Waals surface area contributed by atoms with E-state index in [9.17, 15) is 18.0 Å². The van der Waals surface area contributed by atoms with Crippen molar-refractivity contribution in [1.29, 1.82) is 0 Å². The lowest BCUT2D eigenvalue weighted by Gasteiger charge is -2.47. The number of hydrogen-bond acceptors (Lipinski definition) is 5. The number of rotatable bonds is 6. The second-order valence-corrected chi connectivity index (χ2v) is 11.2. The van der Waals surface area contributed by atoms with Gasteiger partial charge in [0.05, 0.1) is 22.0 Å². The van der Waals surface area contributed by atoms with Crippen molar-refractivity contribution in [2.24, 2.45) is 5.92 Å². The van der Waals surface area contributed by atoms with E-state index in [0.717, 1.165) is 36.1 Å². The predicted molar refractivity (Wildman–Crippen MR) is 127 cm³/mol. The van der Waals surface area contributed by atoms with E-state index >= 15 is 0 Å². The van der Waals surface area contributed by atoms with Crippen molar-refractivity contribution in [3.63, 3.8) is 0 Å². The van der Waals surface area contributed by atoms with Crippen LogP contribution >= 0.6 is 0 Å². The van der Waals surface area contributed by atoms with Crippen LogP contribution in [0.4, 0.5) is 11.4 Å². The summed E-state index contributed by atoms with van der Waals surface area (Å²) in [6, 6.07) is 12.6. The molecule has 0 bridgehead atoms. The number of hydrogen-bond donors (Lipinski definition) is 1. The molecular formula is C25H30N2O4S. The quantitative estimate of drug-likeness (QED) is 0.697. The third-order valence-corrected chi connectivity index (χ3v) is 8.63. The fourth-order valence-corrected chi connectivity index (χ4v) is 6.05. The molecular weight excluding hydrogens is 424 g/mol. The second-order valence-electron chi connectivity index (χ2n) is 9.05. The van der Waals surface area contributed by atoms with Crippen LogP contribution in [-0.4, -0.2) is 37.9 Å². The van der Waals surface area contributed by atoms with Gasteiger partial charge in [-0.3, -0.25) is 14.5 Å². The molecule has 2 aromatic carbocycles. The highest BCUT2D eigenvalue weighted by Gasteiger charge is 2.48. The van der Waals surface area contributed by atoms with Gasteiger partial charge in [0, 0.05) is 19.4 Å². The first-order valence-electron chi connectivity index (χ1n) is 11.2. The van der Waals surface area contributed by atoms with Gasteiger partial charge in [-0.2, -0.15) is 0 Å². The van der Waals surface area contributed by atoms with Crippen molar-refractivity contribution in [3.05, 3.63) is 42.5 Å². The Bertz CT molecular complexity index is 1150. The zero-order valence-corrected chi connectivity index (χ0v) is 19.7. The van der Waals surface area contributed by atoms with Crippen LogP contribution in [0.2, 0.25) is 0 Å². The average Bonchev–Trinajstić information content (AvgIpc) is 2.72. The lowest BCUT2D eigenvalue weighted by molar-refractivity contribution is -0.132. The van der Waals surface area contributed by atoms with Gasteiger partial charge >= 0.3 is 0 Å². The minimum absolute atomic E-state index is 0.0342. The van der Waals surface area contributed by atoms with Gasteiger partial charge in [0.15, 0.2) is 15.6 Å². The second kappa shape index (κ2) is 8.35. The van der Waals surface area contributed by atoms with Crippen LogP contribution in [0.5, 0.6) is 0 Å². The minimum Gasteiger partial charge on any atom is -0.381 e. The van der Waals surface area contributed by atoms with Gasteiger partial charge < -0.3 is 5.32 Å². The Morgan fingerprint density at radius 3 is 2.31 bits per heavy atom. The molecule has 6 nitrogen and oxygen atoms in total. The number of Topliss-reactive ketones (excluding diaryl/α,β-unsaturated/α-hetero) is 1. The Morgan fingerprint density at radius 2 is 1.75 bits per heavy atom. The lowest BCUT2D eigenvalue weighted by atomic mass is 9.73. The summed E-state index contributed by atoms with van der Waals surface area (Å²) in [5.41, 5.74) is 2.39. The molecule has 7 heteroatoms. The van der Waals surface area contributed by atoms with Gasteiger partial charge in [0.2, 0.25) is 5.91 Å². The van der Waals surface area contributed by atoms with E-state index in [-0.39, 0.29) is 23.4 Å². The number of benzene rings is 2. The maximum Gasteiger partial charge on any atom is 0.224 e. The van der Waals surface area contributed by atoms with E-state index in [1.165, 1.54) is 6.92 Å². The predicted octanol–water partition coefficient (Wildman–Crippen LogP) is 4.44. The molecule has 1 atom stereocenters. The van der Waals surface area contributed by atoms with Crippen molar-refractivity contribution in [1.82, 2.24) is 0 Å². The maximum atomic E-state index is 13.2. The summed E-state index contributed by atoms with van der Waals surface area (Å²) in [6.07, 6.45) is 3.44. The number of sulfone groups is 1. The largest absolute Gasteiger partial charge is 0.381 e. The first kappa shape index (κ1) is 22.5. The molecule has 1 fully saturated rings. The van der Waals surface area contributed by atoms with Crippen molar-refractivity contribution < 1.29 is 18.0 Å². The van der Waals surface area contributed by atoms with E-state index in [0.29, 0.717) is 23.5 Å². The summed E-state index contributed by atoms with van der Waals surface area (Å²) >= 11 is 0. The number of nitrogens with zero attached hydrogens (tertiary/aromatic N) is 1. The molecule has 1 amide bonds. The van der Waals surface area contributed by atoms with Crippen LogP contribution < -0.4 is 10.2 Å². The Labute approximate surface area is 189 Å². The summed E-state index contributed by atoms with van der Waals surface area (Å²) in [4.78, 5) is 27.8. The molecule has 1 saturated carbocycles. The van der Waals surface area contributed by atoms with E-state index in [2.05, 4.69) is 5.32 Å². The van der Waals surface area contributed by atoms with Crippen molar-refractivity contribution >= 4 is 32.9 Å². The molecule has 0 saturated heterocycles. The lowest BCUT2D eigenvalue weighted by Crippen LogP contribution is -2.63. The molecule has 1 aliphatic heterocycles. The monoisotopic (exact) mass is 454 g/mol. The van der Waals surface area contributed by atoms with E-state index in [1.807, 2.05) is 32.0 Å². The Morgan fingerprint density at radius 1 is 1.09 bits per heavy atom. The SMILES string of the molecule is CCCS(=O)(=O)c1ccc(-c2ccc3c(c2)NC[C@@](C)(C(=O)C2CCC2)N3C(C)=O)cc1. The van der Waals surface area contributed by atoms with Gasteiger partial charge in [-0.25, -0.2) is 8.42 Å². The van der Waals surface area contributed by atoms with E-state index in [1.54, 1.807) is 29.2 Å². The molecule has 0 radical (unpaired) electrons. The Balaban J connectivity index is 1.66. The molecule has 0 unspecified atom stereocenters. The van der Waals surface area contributed by atoms with Crippen molar-refractivity contribution in [3.8, 4) is 11.1 Å². The molecule has 1 heterocycles. The molecule has 2 aromatic rings. The zero-order chi connectivity index (χ0) is 23.1. The Hall–Kier alpha value is -2.67. The van der Waals surface area contributed by atoms with Gasteiger partial charge in [0.1, 0.15) is 5.54 Å². The number of amides is 1. The number of carbonyl (C=O) groups excluding carboxylic acids is 2. The third-order valence-electron chi connectivity index (χ3n) is 6.70. The van der Waals surface area contributed by atoms with Crippen molar-refractivity contribution in [2.45, 2.75) is 56.9 Å². The highest BCUT2D eigenvalue weighted by atomic mass is 32.2. The van der Waals surface area contributed by atoms with Gasteiger partial charge in [-0.1, -0.05) is 31.5 Å². The topological polar surface area (TPSA) is 83.6 Å². The molecule has 170 valence electrons. The fourth-order valence-electron chi connectivity index (χ4n) is 4.73. The average molecular weight is 455 g/mol. The molecule has 1 aliphatic carbocycles. The summed E-state index contributed by atoms with van der Waals surface area (Å²) in [5.74, 6) is 0.145. The standard InChI is InChI=1S/C25H30N2O4S/c1-4-14-32(30,31)21-11-8-18(9-12-21)20-10-13-23-22(15-20)26-16-25(3,27(23)17(2)28)24(29)19-6-5-7-19/h8-13,15,19,26H,4-7,14,16H2,1-3H3/t25-/m0/s1. The van der Waals surface area contributed by atoms with Crippen LogP contribution in [0, 0.1) is 5.92 Å². The summed E-state index contributed by atoms with van der Waals surface area (Å²) in [7, 11) is -3.25. The summed E-state index contributed by atoms with van der Waals surface area (Å²) in [5, 5.41) is 3.37. The first-order valence-corrected chi connectivity index (χ1v) is 12.9. The molecule has 1 N–H and O–H groups in total. The smallest absolute Gasteiger partial charge is 0.224 e.